The van der Waals surface area contributed by atoms with Crippen LogP contribution in [0, 0.1) is 0 Å². The van der Waals surface area contributed by atoms with E-state index in [9.17, 15) is 0 Å². The molecule has 0 fully saturated rings. The van der Waals surface area contributed by atoms with Crippen molar-refractivity contribution in [2.75, 3.05) is 19.9 Å². The molecule has 0 aliphatic heterocycles. The van der Waals surface area contributed by atoms with E-state index in [0.29, 0.717) is 0 Å². The van der Waals surface area contributed by atoms with Gasteiger partial charge in [-0.3, -0.25) is 9.88 Å². The topological polar surface area (TPSA) is 51.4 Å². The zero-order valence-corrected chi connectivity index (χ0v) is 11.3. The van der Waals surface area contributed by atoms with Crippen LogP contribution in [0.5, 0.6) is 5.75 Å². The van der Waals surface area contributed by atoms with Crippen molar-refractivity contribution >= 4 is 5.69 Å². The summed E-state index contributed by atoms with van der Waals surface area (Å²) in [5, 5.41) is 0. The molecule has 0 radical (unpaired) electrons. The fourth-order valence-corrected chi connectivity index (χ4v) is 2.07. The van der Waals surface area contributed by atoms with Gasteiger partial charge < -0.3 is 10.5 Å². The Morgan fingerprint density at radius 3 is 2.68 bits per heavy atom. The van der Waals surface area contributed by atoms with E-state index < -0.39 is 0 Å². The van der Waals surface area contributed by atoms with E-state index in [2.05, 4.69) is 23.0 Å². The number of hydrogen-bond donors (Lipinski definition) is 1. The van der Waals surface area contributed by atoms with Gasteiger partial charge in [-0.2, -0.15) is 0 Å². The first-order chi connectivity index (χ1) is 9.17. The Labute approximate surface area is 113 Å². The number of rotatable bonds is 5. The molecule has 4 nitrogen and oxygen atoms in total. The van der Waals surface area contributed by atoms with Gasteiger partial charge in [-0.05, 0) is 36.4 Å². The monoisotopic (exact) mass is 257 g/mol. The smallest absolute Gasteiger partial charge is 0.121 e. The largest absolute Gasteiger partial charge is 0.497 e. The predicted octanol–water partition coefficient (Wildman–Crippen LogP) is 2.30. The van der Waals surface area contributed by atoms with Gasteiger partial charge in [-0.25, -0.2) is 0 Å². The third-order valence-corrected chi connectivity index (χ3v) is 2.85. The maximum absolute atomic E-state index is 5.85. The quantitative estimate of drug-likeness (QED) is 0.835. The van der Waals surface area contributed by atoms with E-state index in [-0.39, 0.29) is 0 Å². The van der Waals surface area contributed by atoms with Crippen LogP contribution in [-0.2, 0) is 13.1 Å². The number of nitrogen functional groups attached to an aromatic ring is 1. The SMILES string of the molecule is COc1cc(N)cc(CN(C)Cc2cccnc2)c1. The van der Waals surface area contributed by atoms with Gasteiger partial charge in [0.25, 0.3) is 0 Å². The molecule has 1 aromatic carbocycles. The zero-order valence-electron chi connectivity index (χ0n) is 11.3. The molecule has 0 spiro atoms. The molecule has 0 amide bonds. The van der Waals surface area contributed by atoms with Gasteiger partial charge in [0.05, 0.1) is 7.11 Å². The number of hydrogen-bond acceptors (Lipinski definition) is 4. The Kier molecular flexibility index (Phi) is 4.36. The van der Waals surface area contributed by atoms with Crippen molar-refractivity contribution in [3.05, 3.63) is 53.9 Å². The molecule has 0 unspecified atom stereocenters. The molecule has 1 heterocycles. The van der Waals surface area contributed by atoms with Gasteiger partial charge >= 0.3 is 0 Å². The number of ether oxygens (including phenoxy) is 1. The molecule has 0 atom stereocenters. The lowest BCUT2D eigenvalue weighted by Crippen LogP contribution is -2.17. The molecule has 1 aromatic heterocycles. The first kappa shape index (κ1) is 13.4. The molecule has 19 heavy (non-hydrogen) atoms. The number of nitrogens with zero attached hydrogens (tertiary/aromatic N) is 2. The average molecular weight is 257 g/mol. The number of benzene rings is 1. The van der Waals surface area contributed by atoms with Crippen molar-refractivity contribution < 1.29 is 4.74 Å². The number of aromatic nitrogens is 1. The summed E-state index contributed by atoms with van der Waals surface area (Å²) in [6, 6.07) is 9.83. The van der Waals surface area contributed by atoms with Crippen LogP contribution in [-0.4, -0.2) is 24.0 Å². The second-order valence-electron chi connectivity index (χ2n) is 4.65. The maximum Gasteiger partial charge on any atom is 0.121 e. The molecule has 100 valence electrons. The molecule has 2 aromatic rings. The Balaban J connectivity index is 2.02. The maximum atomic E-state index is 5.85. The van der Waals surface area contributed by atoms with Crippen molar-refractivity contribution in [2.45, 2.75) is 13.1 Å². The van der Waals surface area contributed by atoms with E-state index in [4.69, 9.17) is 10.5 Å². The fraction of sp³-hybridized carbons (Fsp3) is 0.267. The first-order valence-corrected chi connectivity index (χ1v) is 6.18. The van der Waals surface area contributed by atoms with Gasteiger partial charge in [0.2, 0.25) is 0 Å². The second kappa shape index (κ2) is 6.20. The third-order valence-electron chi connectivity index (χ3n) is 2.85. The normalized spacial score (nSPS) is 10.7. The highest BCUT2D eigenvalue weighted by Gasteiger charge is 2.04. The number of anilines is 1. The average Bonchev–Trinajstić information content (AvgIpc) is 2.38. The molecular formula is C15H19N3O. The molecule has 0 aliphatic rings. The molecule has 2 N–H and O–H groups in total. The van der Waals surface area contributed by atoms with Crippen LogP contribution < -0.4 is 10.5 Å². The molecule has 0 saturated heterocycles. The standard InChI is InChI=1S/C15H19N3O/c1-18(10-12-4-3-5-17-9-12)11-13-6-14(16)8-15(7-13)19-2/h3-9H,10-11,16H2,1-2H3. The van der Waals surface area contributed by atoms with Crippen LogP contribution in [0.4, 0.5) is 5.69 Å². The Morgan fingerprint density at radius 2 is 2.00 bits per heavy atom. The van der Waals surface area contributed by atoms with Crippen LogP contribution in [0.25, 0.3) is 0 Å². The van der Waals surface area contributed by atoms with E-state index in [1.807, 2.05) is 30.5 Å². The van der Waals surface area contributed by atoms with Gasteiger partial charge in [-0.15, -0.1) is 0 Å². The van der Waals surface area contributed by atoms with Crippen LogP contribution >= 0.6 is 0 Å². The molecule has 0 bridgehead atoms. The highest BCUT2D eigenvalue weighted by molar-refractivity contribution is 5.47. The summed E-state index contributed by atoms with van der Waals surface area (Å²) in [6.07, 6.45) is 3.67. The second-order valence-corrected chi connectivity index (χ2v) is 4.65. The van der Waals surface area contributed by atoms with Crippen LogP contribution in [0.1, 0.15) is 11.1 Å². The van der Waals surface area contributed by atoms with Gasteiger partial charge in [0.1, 0.15) is 5.75 Å². The number of pyridine rings is 1. The van der Waals surface area contributed by atoms with Gasteiger partial charge in [0, 0.05) is 37.2 Å². The van der Waals surface area contributed by atoms with Crippen molar-refractivity contribution in [2.24, 2.45) is 0 Å². The molecular weight excluding hydrogens is 238 g/mol. The van der Waals surface area contributed by atoms with E-state index in [1.165, 1.54) is 5.56 Å². The lowest BCUT2D eigenvalue weighted by molar-refractivity contribution is 0.318. The third kappa shape index (κ3) is 3.96. The summed E-state index contributed by atoms with van der Waals surface area (Å²) in [4.78, 5) is 6.33. The summed E-state index contributed by atoms with van der Waals surface area (Å²) in [5.41, 5.74) is 8.92. The number of methoxy groups -OCH3 is 1. The van der Waals surface area contributed by atoms with Crippen molar-refractivity contribution in [1.82, 2.24) is 9.88 Å². The number of nitrogens with two attached hydrogens (primary N) is 1. The van der Waals surface area contributed by atoms with Gasteiger partial charge in [0.15, 0.2) is 0 Å². The molecule has 2 rings (SSSR count). The van der Waals surface area contributed by atoms with Crippen molar-refractivity contribution in [3.8, 4) is 5.75 Å². The lowest BCUT2D eigenvalue weighted by atomic mass is 10.1. The minimum atomic E-state index is 0.726. The minimum Gasteiger partial charge on any atom is -0.497 e. The predicted molar refractivity (Wildman–Crippen MR) is 76.8 cm³/mol. The molecule has 4 heteroatoms. The van der Waals surface area contributed by atoms with Crippen LogP contribution in [0.3, 0.4) is 0 Å². The highest BCUT2D eigenvalue weighted by Crippen LogP contribution is 2.19. The van der Waals surface area contributed by atoms with Crippen molar-refractivity contribution in [1.29, 1.82) is 0 Å². The lowest BCUT2D eigenvalue weighted by Gasteiger charge is -2.17. The Bertz CT molecular complexity index is 528. The molecule has 0 saturated carbocycles. The van der Waals surface area contributed by atoms with Gasteiger partial charge in [-0.1, -0.05) is 6.07 Å². The summed E-state index contributed by atoms with van der Waals surface area (Å²) in [5.74, 6) is 0.796. The Morgan fingerprint density at radius 1 is 1.21 bits per heavy atom. The van der Waals surface area contributed by atoms with Crippen LogP contribution in [0.15, 0.2) is 42.7 Å². The van der Waals surface area contributed by atoms with E-state index in [0.717, 1.165) is 30.1 Å². The summed E-state index contributed by atoms with van der Waals surface area (Å²) >= 11 is 0. The minimum absolute atomic E-state index is 0.726. The van der Waals surface area contributed by atoms with Crippen molar-refractivity contribution in [3.63, 3.8) is 0 Å². The summed E-state index contributed by atoms with van der Waals surface area (Å²) in [7, 11) is 3.72. The zero-order chi connectivity index (χ0) is 13.7. The summed E-state index contributed by atoms with van der Waals surface area (Å²) < 4.78 is 5.23. The Hall–Kier alpha value is -2.07. The van der Waals surface area contributed by atoms with E-state index >= 15 is 0 Å². The fourth-order valence-electron chi connectivity index (χ4n) is 2.07. The van der Waals surface area contributed by atoms with Crippen LogP contribution in [0.2, 0.25) is 0 Å². The summed E-state index contributed by atoms with van der Waals surface area (Å²) in [6.45, 7) is 1.67. The van der Waals surface area contributed by atoms with E-state index in [1.54, 1.807) is 13.3 Å². The first-order valence-electron chi connectivity index (χ1n) is 6.18. The molecule has 0 aliphatic carbocycles. The highest BCUT2D eigenvalue weighted by atomic mass is 16.5.